The van der Waals surface area contributed by atoms with Crippen molar-refractivity contribution in [3.8, 4) is 0 Å². The Labute approximate surface area is 78.3 Å². The van der Waals surface area contributed by atoms with E-state index in [1.54, 1.807) is 11.4 Å². The fourth-order valence-electron chi connectivity index (χ4n) is 0.812. The van der Waals surface area contributed by atoms with Gasteiger partial charge in [-0.15, -0.1) is 11.3 Å². The molecule has 1 aromatic rings. The largest absolute Gasteiger partial charge is 0.478 e. The molecule has 1 amide bonds. The molecule has 0 radical (unpaired) electrons. The van der Waals surface area contributed by atoms with Crippen LogP contribution in [0.5, 0.6) is 0 Å². The fraction of sp³-hybridized carbons (Fsp3) is 0. The van der Waals surface area contributed by atoms with Gasteiger partial charge < -0.3 is 10.8 Å². The Bertz CT molecular complexity index is 367. The molecule has 0 fully saturated rings. The minimum atomic E-state index is -1.05. The highest BCUT2D eigenvalue weighted by atomic mass is 32.1. The standard InChI is InChI=1S/C8H7NO3S/c9-8(12)7-5(3-4-13-7)1-2-6(10)11/h1-4H,(H2,9,12)(H,10,11). The molecule has 0 spiro atoms. The number of hydrogen-bond donors (Lipinski definition) is 2. The SMILES string of the molecule is NC(=O)c1sccc1C=CC(=O)O. The number of carbonyl (C=O) groups is 2. The van der Waals surface area contributed by atoms with Gasteiger partial charge in [0.05, 0.1) is 4.88 Å². The predicted molar refractivity (Wildman–Crippen MR) is 49.5 cm³/mol. The molecule has 0 atom stereocenters. The fourth-order valence-corrected chi connectivity index (χ4v) is 1.55. The molecule has 5 heteroatoms. The lowest BCUT2D eigenvalue weighted by Gasteiger charge is -1.90. The van der Waals surface area contributed by atoms with Crippen molar-refractivity contribution >= 4 is 29.3 Å². The van der Waals surface area contributed by atoms with E-state index in [0.717, 1.165) is 6.08 Å². The number of primary amides is 1. The van der Waals surface area contributed by atoms with Crippen molar-refractivity contribution in [2.24, 2.45) is 5.73 Å². The highest BCUT2D eigenvalue weighted by Crippen LogP contribution is 2.17. The van der Waals surface area contributed by atoms with Crippen LogP contribution in [0.3, 0.4) is 0 Å². The Morgan fingerprint density at radius 1 is 1.54 bits per heavy atom. The minimum absolute atomic E-state index is 0.373. The van der Waals surface area contributed by atoms with Crippen LogP contribution in [-0.2, 0) is 4.79 Å². The molecule has 1 rings (SSSR count). The quantitative estimate of drug-likeness (QED) is 0.708. The van der Waals surface area contributed by atoms with Crippen LogP contribution in [0.25, 0.3) is 6.08 Å². The number of aliphatic carboxylic acids is 1. The van der Waals surface area contributed by atoms with Gasteiger partial charge in [0.1, 0.15) is 0 Å². The highest BCUT2D eigenvalue weighted by molar-refractivity contribution is 7.12. The van der Waals surface area contributed by atoms with Crippen molar-refractivity contribution in [3.63, 3.8) is 0 Å². The third kappa shape index (κ3) is 2.41. The third-order valence-electron chi connectivity index (χ3n) is 1.32. The van der Waals surface area contributed by atoms with Crippen LogP contribution < -0.4 is 5.73 Å². The van der Waals surface area contributed by atoms with E-state index in [9.17, 15) is 9.59 Å². The summed E-state index contributed by atoms with van der Waals surface area (Å²) >= 11 is 1.19. The Morgan fingerprint density at radius 3 is 2.77 bits per heavy atom. The molecule has 0 bridgehead atoms. The van der Waals surface area contributed by atoms with Crippen molar-refractivity contribution in [1.29, 1.82) is 0 Å². The lowest BCUT2D eigenvalue weighted by molar-refractivity contribution is -0.131. The van der Waals surface area contributed by atoms with E-state index in [2.05, 4.69) is 0 Å². The van der Waals surface area contributed by atoms with Gasteiger partial charge in [-0.2, -0.15) is 0 Å². The molecule has 0 unspecified atom stereocenters. The monoisotopic (exact) mass is 197 g/mol. The van der Waals surface area contributed by atoms with Gasteiger partial charge in [-0.05, 0) is 23.1 Å². The molecule has 0 saturated heterocycles. The predicted octanol–water partition coefficient (Wildman–Crippen LogP) is 0.945. The topological polar surface area (TPSA) is 80.4 Å². The zero-order valence-electron chi connectivity index (χ0n) is 6.56. The molecular weight excluding hydrogens is 190 g/mol. The van der Waals surface area contributed by atoms with Crippen LogP contribution in [0, 0.1) is 0 Å². The normalized spacial score (nSPS) is 10.5. The molecule has 4 nitrogen and oxygen atoms in total. The van der Waals surface area contributed by atoms with Crippen LogP contribution in [-0.4, -0.2) is 17.0 Å². The highest BCUT2D eigenvalue weighted by Gasteiger charge is 2.06. The van der Waals surface area contributed by atoms with Crippen LogP contribution in [0.4, 0.5) is 0 Å². The number of nitrogens with two attached hydrogens (primary N) is 1. The number of rotatable bonds is 3. The van der Waals surface area contributed by atoms with Gasteiger partial charge in [-0.1, -0.05) is 0 Å². The zero-order valence-corrected chi connectivity index (χ0v) is 7.38. The van der Waals surface area contributed by atoms with E-state index in [-0.39, 0.29) is 0 Å². The van der Waals surface area contributed by atoms with Gasteiger partial charge in [0.2, 0.25) is 0 Å². The minimum Gasteiger partial charge on any atom is -0.478 e. The second kappa shape index (κ2) is 3.86. The van der Waals surface area contributed by atoms with Gasteiger partial charge in [0.25, 0.3) is 5.91 Å². The van der Waals surface area contributed by atoms with Crippen molar-refractivity contribution in [2.45, 2.75) is 0 Å². The number of carbonyl (C=O) groups excluding carboxylic acids is 1. The van der Waals surface area contributed by atoms with E-state index in [1.807, 2.05) is 0 Å². The Hall–Kier alpha value is -1.62. The van der Waals surface area contributed by atoms with E-state index >= 15 is 0 Å². The maximum Gasteiger partial charge on any atom is 0.328 e. The van der Waals surface area contributed by atoms with Crippen LogP contribution in [0.2, 0.25) is 0 Å². The maximum atomic E-state index is 10.8. The summed E-state index contributed by atoms with van der Waals surface area (Å²) in [5, 5.41) is 10.0. The van der Waals surface area contributed by atoms with Crippen molar-refractivity contribution in [2.75, 3.05) is 0 Å². The molecule has 0 saturated carbocycles. The molecule has 0 aliphatic rings. The second-order valence-electron chi connectivity index (χ2n) is 2.24. The summed E-state index contributed by atoms with van der Waals surface area (Å²) in [5.74, 6) is -1.60. The summed E-state index contributed by atoms with van der Waals surface area (Å²) in [4.78, 5) is 21.3. The molecule has 0 aliphatic carbocycles. The average Bonchev–Trinajstić information content (AvgIpc) is 2.47. The van der Waals surface area contributed by atoms with Crippen molar-refractivity contribution in [1.82, 2.24) is 0 Å². The van der Waals surface area contributed by atoms with E-state index in [4.69, 9.17) is 10.8 Å². The first-order chi connectivity index (χ1) is 6.11. The van der Waals surface area contributed by atoms with Crippen molar-refractivity contribution in [3.05, 3.63) is 28.0 Å². The Balaban J connectivity index is 2.95. The third-order valence-corrected chi connectivity index (χ3v) is 2.27. The smallest absolute Gasteiger partial charge is 0.328 e. The lowest BCUT2D eigenvalue weighted by atomic mass is 10.2. The zero-order chi connectivity index (χ0) is 9.84. The second-order valence-corrected chi connectivity index (χ2v) is 3.16. The molecule has 3 N–H and O–H groups in total. The molecule has 1 aromatic heterocycles. The summed E-state index contributed by atoms with van der Waals surface area (Å²) in [5.41, 5.74) is 5.60. The Morgan fingerprint density at radius 2 is 2.23 bits per heavy atom. The number of carboxylic acid groups (broad SMARTS) is 1. The molecule has 0 aromatic carbocycles. The first kappa shape index (κ1) is 9.47. The summed E-state index contributed by atoms with van der Waals surface area (Å²) in [6.45, 7) is 0. The van der Waals surface area contributed by atoms with Crippen molar-refractivity contribution < 1.29 is 14.7 Å². The van der Waals surface area contributed by atoms with E-state index in [0.29, 0.717) is 10.4 Å². The maximum absolute atomic E-state index is 10.8. The molecule has 68 valence electrons. The van der Waals surface area contributed by atoms with Gasteiger partial charge in [-0.3, -0.25) is 4.79 Å². The van der Waals surface area contributed by atoms with Gasteiger partial charge >= 0.3 is 5.97 Å². The summed E-state index contributed by atoms with van der Waals surface area (Å²) in [6.07, 6.45) is 2.31. The molecular formula is C8H7NO3S. The van der Waals surface area contributed by atoms with Gasteiger partial charge in [0, 0.05) is 6.08 Å². The average molecular weight is 197 g/mol. The molecule has 13 heavy (non-hydrogen) atoms. The number of hydrogen-bond acceptors (Lipinski definition) is 3. The molecule has 1 heterocycles. The summed E-state index contributed by atoms with van der Waals surface area (Å²) in [7, 11) is 0. The number of carboxylic acids is 1. The van der Waals surface area contributed by atoms with Gasteiger partial charge in [-0.25, -0.2) is 4.79 Å². The van der Waals surface area contributed by atoms with Crippen LogP contribution >= 0.6 is 11.3 Å². The lowest BCUT2D eigenvalue weighted by Crippen LogP contribution is -2.09. The Kier molecular flexibility index (Phi) is 2.81. The van der Waals surface area contributed by atoms with Crippen LogP contribution in [0.15, 0.2) is 17.5 Å². The van der Waals surface area contributed by atoms with Crippen LogP contribution in [0.1, 0.15) is 15.2 Å². The first-order valence-corrected chi connectivity index (χ1v) is 4.27. The van der Waals surface area contributed by atoms with E-state index < -0.39 is 11.9 Å². The number of thiophene rings is 1. The summed E-state index contributed by atoms with van der Waals surface area (Å²) < 4.78 is 0. The van der Waals surface area contributed by atoms with E-state index in [1.165, 1.54) is 17.4 Å². The first-order valence-electron chi connectivity index (χ1n) is 3.39. The molecule has 0 aliphatic heterocycles. The van der Waals surface area contributed by atoms with Gasteiger partial charge in [0.15, 0.2) is 0 Å². The summed E-state index contributed by atoms with van der Waals surface area (Å²) in [6, 6.07) is 1.64. The number of amides is 1.